The maximum atomic E-state index is 5.84. The van der Waals surface area contributed by atoms with Gasteiger partial charge in [-0.15, -0.1) is 11.3 Å². The van der Waals surface area contributed by atoms with Crippen LogP contribution in [-0.2, 0) is 11.2 Å². The molecule has 2 heterocycles. The number of rotatable bonds is 4. The molecule has 21 heavy (non-hydrogen) atoms. The van der Waals surface area contributed by atoms with E-state index in [0.29, 0.717) is 18.2 Å². The first kappa shape index (κ1) is 15.3. The molecule has 1 fully saturated rings. The van der Waals surface area contributed by atoms with Gasteiger partial charge in [-0.1, -0.05) is 6.92 Å². The Morgan fingerprint density at radius 3 is 2.81 bits per heavy atom. The van der Waals surface area contributed by atoms with Gasteiger partial charge in [-0.05, 0) is 46.1 Å². The van der Waals surface area contributed by atoms with Crippen LogP contribution in [0.3, 0.4) is 0 Å². The number of hydrogen-bond donors (Lipinski definition) is 1. The van der Waals surface area contributed by atoms with Gasteiger partial charge in [-0.2, -0.15) is 0 Å². The fourth-order valence-electron chi connectivity index (χ4n) is 3.39. The van der Waals surface area contributed by atoms with Gasteiger partial charge in [0.1, 0.15) is 0 Å². The summed E-state index contributed by atoms with van der Waals surface area (Å²) in [6.07, 6.45) is 5.49. The largest absolute Gasteiger partial charge is 0.372 e. The van der Waals surface area contributed by atoms with Crippen LogP contribution < -0.4 is 10.2 Å². The Labute approximate surface area is 131 Å². The fraction of sp³-hybridized carbons (Fsp3) is 0.812. The van der Waals surface area contributed by atoms with Crippen molar-refractivity contribution in [3.63, 3.8) is 0 Å². The third kappa shape index (κ3) is 3.41. The quantitative estimate of drug-likeness (QED) is 0.927. The molecule has 3 atom stereocenters. The van der Waals surface area contributed by atoms with E-state index in [1.54, 1.807) is 0 Å². The van der Waals surface area contributed by atoms with E-state index < -0.39 is 0 Å². The molecule has 118 valence electrons. The molecular formula is C16H27N3OS. The lowest BCUT2D eigenvalue weighted by atomic mass is 9.97. The summed E-state index contributed by atoms with van der Waals surface area (Å²) in [5, 5.41) is 4.86. The smallest absolute Gasteiger partial charge is 0.186 e. The molecular weight excluding hydrogens is 282 g/mol. The molecule has 0 bridgehead atoms. The number of anilines is 1. The molecule has 0 spiro atoms. The number of thiazole rings is 1. The number of morpholine rings is 1. The van der Waals surface area contributed by atoms with Crippen LogP contribution in [-0.4, -0.2) is 36.8 Å². The summed E-state index contributed by atoms with van der Waals surface area (Å²) in [7, 11) is 0. The molecule has 3 rings (SSSR count). The van der Waals surface area contributed by atoms with Crippen LogP contribution in [0.25, 0.3) is 0 Å². The first-order valence-electron chi connectivity index (χ1n) is 8.30. The number of nitrogens with one attached hydrogen (secondary N) is 1. The van der Waals surface area contributed by atoms with Crippen LogP contribution in [0.5, 0.6) is 0 Å². The highest BCUT2D eigenvalue weighted by molar-refractivity contribution is 7.15. The molecule has 2 aliphatic rings. The number of ether oxygens (including phenoxy) is 1. The van der Waals surface area contributed by atoms with E-state index in [2.05, 4.69) is 31.0 Å². The van der Waals surface area contributed by atoms with Gasteiger partial charge in [0.2, 0.25) is 0 Å². The Morgan fingerprint density at radius 2 is 2.10 bits per heavy atom. The molecule has 0 saturated carbocycles. The van der Waals surface area contributed by atoms with Gasteiger partial charge in [0.25, 0.3) is 0 Å². The Bertz CT molecular complexity index is 466. The topological polar surface area (TPSA) is 37.4 Å². The summed E-state index contributed by atoms with van der Waals surface area (Å²) >= 11 is 1.90. The van der Waals surface area contributed by atoms with Crippen LogP contribution in [0, 0.1) is 0 Å². The predicted molar refractivity (Wildman–Crippen MR) is 88.3 cm³/mol. The van der Waals surface area contributed by atoms with E-state index in [-0.39, 0.29) is 0 Å². The van der Waals surface area contributed by atoms with Gasteiger partial charge < -0.3 is 15.0 Å². The second kappa shape index (κ2) is 6.63. The fourth-order valence-corrected chi connectivity index (χ4v) is 4.57. The van der Waals surface area contributed by atoms with Crippen molar-refractivity contribution in [2.45, 2.75) is 64.7 Å². The van der Waals surface area contributed by atoms with E-state index in [1.165, 1.54) is 41.4 Å². The standard InChI is InChI=1S/C16H27N3OS/c1-4-8-17-13-6-5-7-14-15(13)18-16(21-14)19-9-11(2)20-12(3)10-19/h11-13,17H,4-10H2,1-3H3. The summed E-state index contributed by atoms with van der Waals surface area (Å²) < 4.78 is 5.84. The maximum absolute atomic E-state index is 5.84. The van der Waals surface area contributed by atoms with Gasteiger partial charge in [-0.25, -0.2) is 4.98 Å². The van der Waals surface area contributed by atoms with Crippen molar-refractivity contribution >= 4 is 16.5 Å². The third-order valence-corrected chi connectivity index (χ3v) is 5.47. The number of nitrogens with zero attached hydrogens (tertiary/aromatic N) is 2. The zero-order valence-corrected chi connectivity index (χ0v) is 14.2. The molecule has 1 aliphatic carbocycles. The Kier molecular flexibility index (Phi) is 4.82. The third-order valence-electron chi connectivity index (χ3n) is 4.27. The minimum absolute atomic E-state index is 0.295. The summed E-state index contributed by atoms with van der Waals surface area (Å²) in [4.78, 5) is 8.92. The number of aromatic nitrogens is 1. The normalized spacial score (nSPS) is 29.5. The van der Waals surface area contributed by atoms with Crippen molar-refractivity contribution in [3.8, 4) is 0 Å². The molecule has 0 aromatic carbocycles. The van der Waals surface area contributed by atoms with Crippen LogP contribution in [0.15, 0.2) is 0 Å². The lowest BCUT2D eigenvalue weighted by Gasteiger charge is -2.35. The highest BCUT2D eigenvalue weighted by Crippen LogP contribution is 2.37. The van der Waals surface area contributed by atoms with Crippen LogP contribution in [0.4, 0.5) is 5.13 Å². The van der Waals surface area contributed by atoms with Crippen molar-refractivity contribution in [2.24, 2.45) is 0 Å². The number of hydrogen-bond acceptors (Lipinski definition) is 5. The highest BCUT2D eigenvalue weighted by atomic mass is 32.1. The van der Waals surface area contributed by atoms with Crippen LogP contribution in [0.2, 0.25) is 0 Å². The molecule has 0 radical (unpaired) electrons. The summed E-state index contributed by atoms with van der Waals surface area (Å²) in [6.45, 7) is 9.54. The molecule has 5 heteroatoms. The van der Waals surface area contributed by atoms with E-state index in [0.717, 1.165) is 19.6 Å². The second-order valence-electron chi connectivity index (χ2n) is 6.37. The van der Waals surface area contributed by atoms with E-state index in [9.17, 15) is 0 Å². The Morgan fingerprint density at radius 1 is 1.33 bits per heavy atom. The SMILES string of the molecule is CCCNC1CCCc2sc(N3CC(C)OC(C)C3)nc21. The number of aryl methyl sites for hydroxylation is 1. The molecule has 4 nitrogen and oxygen atoms in total. The molecule has 1 aromatic heterocycles. The van der Waals surface area contributed by atoms with Crippen molar-refractivity contribution in [1.29, 1.82) is 0 Å². The molecule has 1 aromatic rings. The maximum Gasteiger partial charge on any atom is 0.186 e. The van der Waals surface area contributed by atoms with E-state index >= 15 is 0 Å². The molecule has 1 saturated heterocycles. The average molecular weight is 309 g/mol. The van der Waals surface area contributed by atoms with Crippen LogP contribution in [0.1, 0.15) is 56.6 Å². The van der Waals surface area contributed by atoms with Gasteiger partial charge in [0.15, 0.2) is 5.13 Å². The minimum atomic E-state index is 0.295. The van der Waals surface area contributed by atoms with Gasteiger partial charge in [-0.3, -0.25) is 0 Å². The summed E-state index contributed by atoms with van der Waals surface area (Å²) in [6, 6.07) is 0.467. The Hall–Kier alpha value is -0.650. The van der Waals surface area contributed by atoms with E-state index in [1.807, 2.05) is 11.3 Å². The first-order valence-corrected chi connectivity index (χ1v) is 9.12. The first-order chi connectivity index (χ1) is 10.2. The van der Waals surface area contributed by atoms with Crippen molar-refractivity contribution in [2.75, 3.05) is 24.5 Å². The zero-order chi connectivity index (χ0) is 14.8. The van der Waals surface area contributed by atoms with Gasteiger partial charge in [0.05, 0.1) is 23.9 Å². The van der Waals surface area contributed by atoms with Crippen molar-refractivity contribution in [1.82, 2.24) is 10.3 Å². The Balaban J connectivity index is 1.77. The van der Waals surface area contributed by atoms with Gasteiger partial charge in [0, 0.05) is 18.0 Å². The molecule has 1 aliphatic heterocycles. The monoisotopic (exact) mass is 309 g/mol. The lowest BCUT2D eigenvalue weighted by Crippen LogP contribution is -2.45. The summed E-state index contributed by atoms with van der Waals surface area (Å²) in [5.74, 6) is 0. The number of fused-ring (bicyclic) bond motifs is 1. The van der Waals surface area contributed by atoms with Crippen molar-refractivity contribution in [3.05, 3.63) is 10.6 Å². The predicted octanol–water partition coefficient (Wildman–Crippen LogP) is 3.13. The molecule has 1 N–H and O–H groups in total. The lowest BCUT2D eigenvalue weighted by molar-refractivity contribution is -0.00523. The highest BCUT2D eigenvalue weighted by Gasteiger charge is 2.29. The second-order valence-corrected chi connectivity index (χ2v) is 7.43. The zero-order valence-electron chi connectivity index (χ0n) is 13.4. The molecule has 0 amide bonds. The van der Waals surface area contributed by atoms with E-state index in [4.69, 9.17) is 9.72 Å². The summed E-state index contributed by atoms with van der Waals surface area (Å²) in [5.41, 5.74) is 1.32. The van der Waals surface area contributed by atoms with Crippen molar-refractivity contribution < 1.29 is 4.74 Å². The minimum Gasteiger partial charge on any atom is -0.372 e. The average Bonchev–Trinajstić information content (AvgIpc) is 2.88. The molecule has 3 unspecified atom stereocenters. The van der Waals surface area contributed by atoms with Gasteiger partial charge >= 0.3 is 0 Å². The van der Waals surface area contributed by atoms with Crippen LogP contribution >= 0.6 is 11.3 Å².